The number of nitrogens with one attached hydrogen (secondary N) is 2. The Morgan fingerprint density at radius 1 is 1.27 bits per heavy atom. The molecule has 22 heavy (non-hydrogen) atoms. The first-order chi connectivity index (χ1) is 10.1. The van der Waals surface area contributed by atoms with Crippen molar-refractivity contribution in [3.05, 3.63) is 12.2 Å². The maximum Gasteiger partial charge on any atom is 0.191 e. The Morgan fingerprint density at radius 2 is 1.91 bits per heavy atom. The third-order valence-corrected chi connectivity index (χ3v) is 5.43. The number of hydrogen-bond acceptors (Lipinski definition) is 4. The first kappa shape index (κ1) is 19.7. The van der Waals surface area contributed by atoms with Gasteiger partial charge in [-0.1, -0.05) is 12.2 Å². The largest absolute Gasteiger partial charge is 0.357 e. The van der Waals surface area contributed by atoms with Crippen LogP contribution in [-0.2, 0) is 9.84 Å². The van der Waals surface area contributed by atoms with Gasteiger partial charge in [0.15, 0.2) is 15.8 Å². The number of hydrogen-bond donors (Lipinski definition) is 2. The van der Waals surface area contributed by atoms with Crippen LogP contribution in [0.2, 0.25) is 0 Å². The van der Waals surface area contributed by atoms with E-state index >= 15 is 0 Å². The lowest BCUT2D eigenvalue weighted by Crippen LogP contribution is -2.44. The lowest BCUT2D eigenvalue weighted by molar-refractivity contribution is 0.304. The lowest BCUT2D eigenvalue weighted by atomic mass is 10.2. The minimum atomic E-state index is -2.79. The Hall–Kier alpha value is -0.350. The zero-order chi connectivity index (χ0) is 15.1. The molecule has 0 atom stereocenters. The van der Waals surface area contributed by atoms with Gasteiger partial charge in [-0.2, -0.15) is 0 Å². The van der Waals surface area contributed by atoms with E-state index in [-0.39, 0.29) is 35.5 Å². The van der Waals surface area contributed by atoms with Crippen LogP contribution in [0.1, 0.15) is 19.8 Å². The van der Waals surface area contributed by atoms with Gasteiger partial charge in [-0.15, -0.1) is 24.0 Å². The van der Waals surface area contributed by atoms with E-state index in [0.717, 1.165) is 31.9 Å². The number of rotatable bonds is 5. The highest BCUT2D eigenvalue weighted by Gasteiger charge is 2.20. The second-order valence-electron chi connectivity index (χ2n) is 5.54. The summed E-state index contributed by atoms with van der Waals surface area (Å²) in [5, 5.41) is 6.69. The van der Waals surface area contributed by atoms with Crippen LogP contribution in [0.4, 0.5) is 0 Å². The molecule has 0 saturated carbocycles. The number of guanidine groups is 1. The fourth-order valence-corrected chi connectivity index (χ4v) is 3.80. The van der Waals surface area contributed by atoms with Crippen molar-refractivity contribution in [2.75, 3.05) is 44.2 Å². The lowest BCUT2D eigenvalue weighted by Gasteiger charge is -2.25. The summed E-state index contributed by atoms with van der Waals surface area (Å²) in [7, 11) is -2.79. The molecule has 0 amide bonds. The van der Waals surface area contributed by atoms with Crippen LogP contribution in [0.25, 0.3) is 0 Å². The summed E-state index contributed by atoms with van der Waals surface area (Å²) in [6.45, 7) is 5.67. The van der Waals surface area contributed by atoms with E-state index in [1.54, 1.807) is 0 Å². The van der Waals surface area contributed by atoms with Crippen LogP contribution in [0.15, 0.2) is 17.1 Å². The number of aliphatic imine (C=N–C) groups is 1. The van der Waals surface area contributed by atoms with Gasteiger partial charge in [0.05, 0.1) is 18.1 Å². The second kappa shape index (κ2) is 9.71. The van der Waals surface area contributed by atoms with E-state index in [1.165, 1.54) is 0 Å². The van der Waals surface area contributed by atoms with Gasteiger partial charge in [0.2, 0.25) is 0 Å². The van der Waals surface area contributed by atoms with Crippen LogP contribution in [0, 0.1) is 0 Å². The Balaban J connectivity index is 0.00000242. The van der Waals surface area contributed by atoms with Gasteiger partial charge in [-0.3, -0.25) is 9.89 Å². The van der Waals surface area contributed by atoms with Crippen molar-refractivity contribution >= 4 is 39.8 Å². The summed E-state index contributed by atoms with van der Waals surface area (Å²) in [4.78, 5) is 6.75. The third kappa shape index (κ3) is 6.82. The maximum atomic E-state index is 11.4. The zero-order valence-corrected chi connectivity index (χ0v) is 16.3. The number of halogens is 1. The monoisotopic (exact) mass is 442 g/mol. The molecule has 8 heteroatoms. The van der Waals surface area contributed by atoms with Crippen molar-refractivity contribution in [1.29, 1.82) is 0 Å². The van der Waals surface area contributed by atoms with Crippen molar-refractivity contribution in [3.8, 4) is 0 Å². The van der Waals surface area contributed by atoms with E-state index in [2.05, 4.69) is 39.6 Å². The van der Waals surface area contributed by atoms with Crippen molar-refractivity contribution < 1.29 is 8.42 Å². The zero-order valence-electron chi connectivity index (χ0n) is 13.1. The molecule has 1 fully saturated rings. The van der Waals surface area contributed by atoms with Gasteiger partial charge >= 0.3 is 0 Å². The standard InChI is InChI=1S/C14H26N4O2S.HI/c1-2-15-14(17-13-5-3-4-6-13)16-7-8-18-9-11-21(19,20)12-10-18;/h3-4,13H,2,5-12H2,1H3,(H2,15,16,17);1H. The summed E-state index contributed by atoms with van der Waals surface area (Å²) in [5.74, 6) is 1.42. The fourth-order valence-electron chi connectivity index (χ4n) is 2.53. The molecule has 1 aliphatic heterocycles. The van der Waals surface area contributed by atoms with Crippen molar-refractivity contribution in [2.45, 2.75) is 25.8 Å². The molecule has 2 rings (SSSR count). The minimum Gasteiger partial charge on any atom is -0.357 e. The van der Waals surface area contributed by atoms with Gasteiger partial charge in [0.1, 0.15) is 0 Å². The Labute approximate surface area is 150 Å². The van der Waals surface area contributed by atoms with Gasteiger partial charge in [0.25, 0.3) is 0 Å². The first-order valence-corrected chi connectivity index (χ1v) is 9.54. The molecule has 2 N–H and O–H groups in total. The average molecular weight is 442 g/mol. The van der Waals surface area contributed by atoms with Gasteiger partial charge in [-0.25, -0.2) is 8.42 Å². The molecule has 0 aromatic rings. The van der Waals surface area contributed by atoms with E-state index in [9.17, 15) is 8.42 Å². The van der Waals surface area contributed by atoms with E-state index in [0.29, 0.717) is 25.7 Å². The molecule has 2 aliphatic rings. The predicted octanol–water partition coefficient (Wildman–Crippen LogP) is 0.609. The molecule has 6 nitrogen and oxygen atoms in total. The molecule has 0 spiro atoms. The summed E-state index contributed by atoms with van der Waals surface area (Å²) in [6.07, 6.45) is 6.48. The normalized spacial score (nSPS) is 22.3. The highest BCUT2D eigenvalue weighted by molar-refractivity contribution is 14.0. The molecule has 0 radical (unpaired) electrons. The summed E-state index contributed by atoms with van der Waals surface area (Å²) in [6, 6.07) is 0.447. The number of sulfone groups is 1. The van der Waals surface area contributed by atoms with Crippen molar-refractivity contribution in [3.63, 3.8) is 0 Å². The molecular formula is C14H27IN4O2S. The third-order valence-electron chi connectivity index (χ3n) is 3.82. The molecule has 128 valence electrons. The minimum absolute atomic E-state index is 0. The van der Waals surface area contributed by atoms with Gasteiger partial charge in [-0.05, 0) is 19.8 Å². The quantitative estimate of drug-likeness (QED) is 0.283. The van der Waals surface area contributed by atoms with Gasteiger partial charge in [0, 0.05) is 32.2 Å². The number of nitrogens with zero attached hydrogens (tertiary/aromatic N) is 2. The van der Waals surface area contributed by atoms with Crippen LogP contribution in [-0.4, -0.2) is 69.5 Å². The van der Waals surface area contributed by atoms with E-state index < -0.39 is 9.84 Å². The summed E-state index contributed by atoms with van der Waals surface area (Å²) >= 11 is 0. The van der Waals surface area contributed by atoms with Crippen molar-refractivity contribution in [1.82, 2.24) is 15.5 Å². The molecule has 0 unspecified atom stereocenters. The SMILES string of the molecule is CCNC(=NCCN1CCS(=O)(=O)CC1)NC1CC=CC1.I. The Morgan fingerprint density at radius 3 is 2.50 bits per heavy atom. The van der Waals surface area contributed by atoms with E-state index in [4.69, 9.17) is 0 Å². The highest BCUT2D eigenvalue weighted by Crippen LogP contribution is 2.08. The Bertz CT molecular complexity index is 471. The molecule has 1 saturated heterocycles. The molecule has 0 bridgehead atoms. The van der Waals surface area contributed by atoms with Crippen LogP contribution >= 0.6 is 24.0 Å². The van der Waals surface area contributed by atoms with E-state index in [1.807, 2.05) is 0 Å². The molecule has 0 aromatic heterocycles. The van der Waals surface area contributed by atoms with Crippen LogP contribution in [0.5, 0.6) is 0 Å². The second-order valence-corrected chi connectivity index (χ2v) is 7.84. The summed E-state index contributed by atoms with van der Waals surface area (Å²) < 4.78 is 22.8. The molecular weight excluding hydrogens is 415 g/mol. The molecule has 0 aromatic carbocycles. The topological polar surface area (TPSA) is 73.8 Å². The highest BCUT2D eigenvalue weighted by atomic mass is 127. The Kier molecular flexibility index (Phi) is 8.70. The maximum absolute atomic E-state index is 11.4. The molecule has 1 heterocycles. The smallest absolute Gasteiger partial charge is 0.191 e. The first-order valence-electron chi connectivity index (χ1n) is 7.71. The predicted molar refractivity (Wildman–Crippen MR) is 102 cm³/mol. The average Bonchev–Trinajstić information content (AvgIpc) is 2.94. The van der Waals surface area contributed by atoms with Crippen molar-refractivity contribution in [2.24, 2.45) is 4.99 Å². The molecule has 1 aliphatic carbocycles. The van der Waals surface area contributed by atoms with Gasteiger partial charge < -0.3 is 10.6 Å². The van der Waals surface area contributed by atoms with Crippen LogP contribution in [0.3, 0.4) is 0 Å². The summed E-state index contributed by atoms with van der Waals surface area (Å²) in [5.41, 5.74) is 0. The van der Waals surface area contributed by atoms with Crippen LogP contribution < -0.4 is 10.6 Å². The fraction of sp³-hybridized carbons (Fsp3) is 0.786.